The molecule has 7 nitrogen and oxygen atoms in total. The molecule has 0 aliphatic carbocycles. The number of nitrogens with zero attached hydrogens (tertiary/aromatic N) is 5. The van der Waals surface area contributed by atoms with E-state index in [0.29, 0.717) is 0 Å². The number of anilines is 3. The molecule has 0 saturated carbocycles. The van der Waals surface area contributed by atoms with Gasteiger partial charge < -0.3 is 20.0 Å². The summed E-state index contributed by atoms with van der Waals surface area (Å²) in [7, 11) is 2.09. The summed E-state index contributed by atoms with van der Waals surface area (Å²) in [6, 6.07) is 10.3. The minimum Gasteiger partial charge on any atom is -0.375 e. The van der Waals surface area contributed by atoms with Crippen LogP contribution in [0.5, 0.6) is 0 Å². The van der Waals surface area contributed by atoms with Crippen LogP contribution in [0.1, 0.15) is 38.5 Å². The topological polar surface area (TPSA) is 64.6 Å². The first-order valence-corrected chi connectivity index (χ1v) is 12.1. The largest absolute Gasteiger partial charge is 0.375 e. The number of hydrogen-bond donors (Lipinski definition) is 1. The fourth-order valence-corrected chi connectivity index (χ4v) is 4.62. The number of aromatic nitrogens is 2. The van der Waals surface area contributed by atoms with Gasteiger partial charge in [0.1, 0.15) is 0 Å². The van der Waals surface area contributed by atoms with E-state index in [-0.39, 0.29) is 11.8 Å². The molecule has 0 unspecified atom stereocenters. The first-order chi connectivity index (χ1) is 15.7. The van der Waals surface area contributed by atoms with Crippen LogP contribution in [0.2, 0.25) is 0 Å². The summed E-state index contributed by atoms with van der Waals surface area (Å²) >= 11 is 0. The molecule has 0 bridgehead atoms. The summed E-state index contributed by atoms with van der Waals surface area (Å²) in [5, 5.41) is 3.14. The number of carbonyl (C=O) groups is 1. The Morgan fingerprint density at radius 3 is 2.38 bits per heavy atom. The molecule has 172 valence electrons. The molecular weight excluding hydrogens is 400 g/mol. The van der Waals surface area contributed by atoms with Crippen molar-refractivity contribution >= 4 is 23.2 Å². The molecule has 2 aliphatic rings. The van der Waals surface area contributed by atoms with E-state index in [1.807, 2.05) is 18.5 Å². The van der Waals surface area contributed by atoms with Crippen LogP contribution in [0.3, 0.4) is 0 Å². The molecule has 1 amide bonds. The Kier molecular flexibility index (Phi) is 7.80. The van der Waals surface area contributed by atoms with Crippen molar-refractivity contribution in [3.05, 3.63) is 42.7 Å². The quantitative estimate of drug-likeness (QED) is 0.641. The molecule has 4 rings (SSSR count). The highest BCUT2D eigenvalue weighted by Gasteiger charge is 2.25. The van der Waals surface area contributed by atoms with E-state index in [4.69, 9.17) is 0 Å². The standard InChI is InChI=1S/C25H36N6O/c1-29(22-9-4-2-5-10-22)14-8-13-26-24(32)21-11-17-30(18-12-21)23-19-27-25(28-20-23)31-15-6-3-7-16-31/h2,4-5,9-10,19-21H,3,6-8,11-18H2,1H3,(H,26,32). The van der Waals surface area contributed by atoms with E-state index < -0.39 is 0 Å². The molecule has 0 atom stereocenters. The fraction of sp³-hybridized carbons (Fsp3) is 0.560. The monoisotopic (exact) mass is 436 g/mol. The van der Waals surface area contributed by atoms with Crippen LogP contribution in [-0.4, -0.2) is 62.2 Å². The number of benzene rings is 1. The molecule has 0 radical (unpaired) electrons. The van der Waals surface area contributed by atoms with E-state index >= 15 is 0 Å². The number of amides is 1. The van der Waals surface area contributed by atoms with Crippen LogP contribution in [-0.2, 0) is 4.79 Å². The average molecular weight is 437 g/mol. The molecule has 7 heteroatoms. The molecule has 1 aromatic carbocycles. The first kappa shape index (κ1) is 22.4. The normalized spacial score (nSPS) is 17.3. The minimum absolute atomic E-state index is 0.103. The molecule has 3 heterocycles. The zero-order valence-corrected chi connectivity index (χ0v) is 19.2. The van der Waals surface area contributed by atoms with E-state index in [2.05, 4.69) is 61.3 Å². The number of rotatable bonds is 8. The van der Waals surface area contributed by atoms with Gasteiger partial charge in [0.25, 0.3) is 0 Å². The molecule has 2 fully saturated rings. The Morgan fingerprint density at radius 1 is 1.00 bits per heavy atom. The second-order valence-electron chi connectivity index (χ2n) is 8.95. The van der Waals surface area contributed by atoms with Crippen LogP contribution >= 0.6 is 0 Å². The summed E-state index contributed by atoms with van der Waals surface area (Å²) in [6.07, 6.45) is 10.3. The van der Waals surface area contributed by atoms with Gasteiger partial charge in [-0.1, -0.05) is 18.2 Å². The lowest BCUT2D eigenvalue weighted by Gasteiger charge is -2.33. The second-order valence-corrected chi connectivity index (χ2v) is 8.95. The third-order valence-corrected chi connectivity index (χ3v) is 6.66. The Bertz CT molecular complexity index is 829. The molecule has 0 spiro atoms. The van der Waals surface area contributed by atoms with Crippen LogP contribution < -0.4 is 20.0 Å². The molecule has 1 N–H and O–H groups in total. The fourth-order valence-electron chi connectivity index (χ4n) is 4.62. The summed E-state index contributed by atoms with van der Waals surface area (Å²) in [6.45, 7) is 5.52. The van der Waals surface area contributed by atoms with Gasteiger partial charge in [-0.15, -0.1) is 0 Å². The van der Waals surface area contributed by atoms with Gasteiger partial charge in [-0.25, -0.2) is 9.97 Å². The predicted molar refractivity (Wildman–Crippen MR) is 130 cm³/mol. The van der Waals surface area contributed by atoms with Crippen LogP contribution in [0.4, 0.5) is 17.3 Å². The van der Waals surface area contributed by atoms with Gasteiger partial charge in [-0.05, 0) is 50.7 Å². The number of nitrogens with one attached hydrogen (secondary N) is 1. The van der Waals surface area contributed by atoms with Crippen molar-refractivity contribution in [2.24, 2.45) is 5.92 Å². The highest BCUT2D eigenvalue weighted by Crippen LogP contribution is 2.24. The lowest BCUT2D eigenvalue weighted by molar-refractivity contribution is -0.125. The third kappa shape index (κ3) is 5.90. The second kappa shape index (κ2) is 11.2. The Balaban J connectivity index is 1.16. The van der Waals surface area contributed by atoms with E-state index in [1.165, 1.54) is 24.9 Å². The van der Waals surface area contributed by atoms with Crippen molar-refractivity contribution < 1.29 is 4.79 Å². The molecular formula is C25H36N6O. The van der Waals surface area contributed by atoms with Crippen molar-refractivity contribution in [2.45, 2.75) is 38.5 Å². The number of carbonyl (C=O) groups excluding carboxylic acids is 1. The van der Waals surface area contributed by atoms with Gasteiger partial charge in [0.2, 0.25) is 11.9 Å². The molecule has 1 aromatic heterocycles. The van der Waals surface area contributed by atoms with Crippen molar-refractivity contribution in [1.82, 2.24) is 15.3 Å². The van der Waals surface area contributed by atoms with Crippen molar-refractivity contribution in [2.75, 3.05) is 61.0 Å². The molecule has 2 aromatic rings. The first-order valence-electron chi connectivity index (χ1n) is 12.1. The van der Waals surface area contributed by atoms with Gasteiger partial charge in [0, 0.05) is 57.9 Å². The predicted octanol–water partition coefficient (Wildman–Crippen LogP) is 3.33. The van der Waals surface area contributed by atoms with Crippen LogP contribution in [0, 0.1) is 5.92 Å². The lowest BCUT2D eigenvalue weighted by atomic mass is 9.95. The Morgan fingerprint density at radius 2 is 1.69 bits per heavy atom. The third-order valence-electron chi connectivity index (χ3n) is 6.66. The van der Waals surface area contributed by atoms with Crippen molar-refractivity contribution in [1.29, 1.82) is 0 Å². The smallest absolute Gasteiger partial charge is 0.225 e. The number of hydrogen-bond acceptors (Lipinski definition) is 6. The minimum atomic E-state index is 0.103. The number of piperidine rings is 2. The van der Waals surface area contributed by atoms with Gasteiger partial charge in [-0.2, -0.15) is 0 Å². The van der Waals surface area contributed by atoms with Gasteiger partial charge in [0.05, 0.1) is 18.1 Å². The Hall–Kier alpha value is -2.83. The van der Waals surface area contributed by atoms with Crippen LogP contribution in [0.15, 0.2) is 42.7 Å². The van der Waals surface area contributed by atoms with E-state index in [1.54, 1.807) is 0 Å². The summed E-state index contributed by atoms with van der Waals surface area (Å²) < 4.78 is 0. The van der Waals surface area contributed by atoms with Gasteiger partial charge in [-0.3, -0.25) is 4.79 Å². The van der Waals surface area contributed by atoms with Crippen LogP contribution in [0.25, 0.3) is 0 Å². The lowest BCUT2D eigenvalue weighted by Crippen LogP contribution is -2.41. The highest BCUT2D eigenvalue weighted by atomic mass is 16.1. The van der Waals surface area contributed by atoms with Crippen molar-refractivity contribution in [3.63, 3.8) is 0 Å². The average Bonchev–Trinajstić information content (AvgIpc) is 2.87. The maximum atomic E-state index is 12.6. The zero-order chi connectivity index (χ0) is 22.2. The van der Waals surface area contributed by atoms with Gasteiger partial charge >= 0.3 is 0 Å². The molecule has 32 heavy (non-hydrogen) atoms. The molecule has 2 aliphatic heterocycles. The molecule has 2 saturated heterocycles. The maximum absolute atomic E-state index is 12.6. The van der Waals surface area contributed by atoms with E-state index in [9.17, 15) is 4.79 Å². The summed E-state index contributed by atoms with van der Waals surface area (Å²) in [5.41, 5.74) is 2.27. The summed E-state index contributed by atoms with van der Waals surface area (Å²) in [4.78, 5) is 28.6. The van der Waals surface area contributed by atoms with Crippen molar-refractivity contribution in [3.8, 4) is 0 Å². The maximum Gasteiger partial charge on any atom is 0.225 e. The zero-order valence-electron chi connectivity index (χ0n) is 19.2. The van der Waals surface area contributed by atoms with Gasteiger partial charge in [0.15, 0.2) is 0 Å². The number of para-hydroxylation sites is 1. The SMILES string of the molecule is CN(CCCNC(=O)C1CCN(c2cnc(N3CCCCC3)nc2)CC1)c1ccccc1. The summed E-state index contributed by atoms with van der Waals surface area (Å²) in [5.74, 6) is 1.15. The van der Waals surface area contributed by atoms with E-state index in [0.717, 1.165) is 70.2 Å². The Labute approximate surface area is 191 Å². The highest BCUT2D eigenvalue weighted by molar-refractivity contribution is 5.79.